The second-order valence-electron chi connectivity index (χ2n) is 6.83. The van der Waals surface area contributed by atoms with Crippen LogP contribution in [0.5, 0.6) is 5.75 Å². The summed E-state index contributed by atoms with van der Waals surface area (Å²) in [6, 6.07) is 11.7. The number of carbonyl (C=O) groups is 1. The van der Waals surface area contributed by atoms with E-state index in [1.807, 2.05) is 13.0 Å². The van der Waals surface area contributed by atoms with Crippen molar-refractivity contribution in [1.29, 1.82) is 0 Å². The van der Waals surface area contributed by atoms with Gasteiger partial charge in [-0.2, -0.15) is 5.10 Å². The van der Waals surface area contributed by atoms with Crippen LogP contribution in [0.3, 0.4) is 0 Å². The molecule has 0 bridgehead atoms. The summed E-state index contributed by atoms with van der Waals surface area (Å²) in [5.41, 5.74) is 1.46. The lowest BCUT2D eigenvalue weighted by molar-refractivity contribution is 0.102. The molecule has 0 saturated heterocycles. The van der Waals surface area contributed by atoms with Gasteiger partial charge in [-0.05, 0) is 55.0 Å². The zero-order valence-corrected chi connectivity index (χ0v) is 16.6. The third-order valence-electron chi connectivity index (χ3n) is 4.71. The molecule has 0 aliphatic rings. The summed E-state index contributed by atoms with van der Waals surface area (Å²) in [5, 5.41) is 6.65. The van der Waals surface area contributed by atoms with E-state index in [4.69, 9.17) is 4.74 Å². The van der Waals surface area contributed by atoms with E-state index in [0.29, 0.717) is 17.0 Å². The van der Waals surface area contributed by atoms with E-state index in [-0.39, 0.29) is 16.9 Å². The van der Waals surface area contributed by atoms with Crippen LogP contribution >= 0.6 is 0 Å². The van der Waals surface area contributed by atoms with Gasteiger partial charge in [0.05, 0.1) is 24.7 Å². The second-order valence-corrected chi connectivity index (χ2v) is 6.83. The lowest BCUT2D eigenvalue weighted by Crippen LogP contribution is -2.13. The molecule has 31 heavy (non-hydrogen) atoms. The Labute approximate surface area is 175 Å². The quantitative estimate of drug-likeness (QED) is 0.485. The summed E-state index contributed by atoms with van der Waals surface area (Å²) in [7, 11) is 1.47. The number of aromatic nitrogens is 3. The molecule has 4 rings (SSSR count). The molecule has 0 fully saturated rings. The Kier molecular flexibility index (Phi) is 5.33. The predicted molar refractivity (Wildman–Crippen MR) is 109 cm³/mol. The average molecular weight is 426 g/mol. The number of carbonyl (C=O) groups excluding carboxylic acids is 1. The zero-order chi connectivity index (χ0) is 22.1. The fourth-order valence-corrected chi connectivity index (χ4v) is 3.18. The smallest absolute Gasteiger partial charge is 0.280 e. The fourth-order valence-electron chi connectivity index (χ4n) is 3.18. The van der Waals surface area contributed by atoms with Gasteiger partial charge in [0.2, 0.25) is 0 Å². The highest BCUT2D eigenvalue weighted by atomic mass is 19.3. The Morgan fingerprint density at radius 3 is 2.55 bits per heavy atom. The average Bonchev–Trinajstić information content (AvgIpc) is 3.17. The number of ether oxygens (including phenoxy) is 1. The van der Waals surface area contributed by atoms with Crippen LogP contribution in [-0.2, 0) is 0 Å². The van der Waals surface area contributed by atoms with E-state index < -0.39 is 23.8 Å². The first-order chi connectivity index (χ1) is 14.9. The third-order valence-corrected chi connectivity index (χ3v) is 4.71. The highest BCUT2D eigenvalue weighted by molar-refractivity contribution is 6.09. The number of methoxy groups -OCH3 is 1. The largest absolute Gasteiger partial charge is 0.495 e. The third kappa shape index (κ3) is 3.94. The minimum Gasteiger partial charge on any atom is -0.495 e. The second kappa shape index (κ2) is 8.10. The van der Waals surface area contributed by atoms with Gasteiger partial charge in [0, 0.05) is 5.56 Å². The first kappa shape index (κ1) is 20.4. The van der Waals surface area contributed by atoms with E-state index in [0.717, 1.165) is 10.1 Å². The number of benzene rings is 2. The van der Waals surface area contributed by atoms with Crippen molar-refractivity contribution in [2.24, 2.45) is 0 Å². The van der Waals surface area contributed by atoms with Gasteiger partial charge in [0.1, 0.15) is 22.8 Å². The topological polar surface area (TPSA) is 68.5 Å². The summed E-state index contributed by atoms with van der Waals surface area (Å²) in [6.45, 7) is 1.86. The highest BCUT2D eigenvalue weighted by Crippen LogP contribution is 2.29. The van der Waals surface area contributed by atoms with Crippen LogP contribution in [0.2, 0.25) is 0 Å². The highest BCUT2D eigenvalue weighted by Gasteiger charge is 2.22. The van der Waals surface area contributed by atoms with E-state index in [1.54, 1.807) is 12.1 Å². The Morgan fingerprint density at radius 2 is 1.87 bits per heavy atom. The van der Waals surface area contributed by atoms with Crippen molar-refractivity contribution < 1.29 is 22.7 Å². The van der Waals surface area contributed by atoms with Crippen molar-refractivity contribution in [1.82, 2.24) is 14.6 Å². The molecule has 1 amide bonds. The zero-order valence-electron chi connectivity index (χ0n) is 16.6. The van der Waals surface area contributed by atoms with Gasteiger partial charge in [-0.3, -0.25) is 4.79 Å². The fraction of sp³-hybridized carbons (Fsp3) is 0.136. The Hall–Kier alpha value is -3.88. The van der Waals surface area contributed by atoms with Crippen LogP contribution in [0.4, 0.5) is 18.9 Å². The maximum Gasteiger partial charge on any atom is 0.280 e. The van der Waals surface area contributed by atoms with E-state index in [2.05, 4.69) is 15.4 Å². The monoisotopic (exact) mass is 426 g/mol. The molecule has 4 aromatic rings. The Morgan fingerprint density at radius 1 is 1.13 bits per heavy atom. The number of rotatable bonds is 5. The van der Waals surface area contributed by atoms with Gasteiger partial charge in [-0.15, -0.1) is 0 Å². The van der Waals surface area contributed by atoms with Crippen LogP contribution in [-0.4, -0.2) is 27.6 Å². The molecular weight excluding hydrogens is 409 g/mol. The molecule has 0 aliphatic carbocycles. The Bertz CT molecular complexity index is 1270. The van der Waals surface area contributed by atoms with Gasteiger partial charge in [-0.25, -0.2) is 22.7 Å². The normalized spacial score (nSPS) is 11.2. The molecular formula is C22H17F3N4O2. The van der Waals surface area contributed by atoms with E-state index in [1.165, 1.54) is 43.6 Å². The molecule has 6 nitrogen and oxygen atoms in total. The SMILES string of the molecule is COc1ccc(C)cc1NC(=O)c1cnn2c(C(F)F)cc(-c3ccc(F)cc3)nc12. The minimum atomic E-state index is -2.86. The van der Waals surface area contributed by atoms with Gasteiger partial charge >= 0.3 is 0 Å². The number of nitrogens with one attached hydrogen (secondary N) is 1. The number of halogens is 3. The van der Waals surface area contributed by atoms with Crippen molar-refractivity contribution in [2.45, 2.75) is 13.3 Å². The predicted octanol–water partition coefficient (Wildman–Crippen LogP) is 5.04. The van der Waals surface area contributed by atoms with Crippen molar-refractivity contribution in [3.05, 3.63) is 77.4 Å². The molecule has 0 saturated carbocycles. The summed E-state index contributed by atoms with van der Waals surface area (Å²) in [6.07, 6.45) is -1.68. The maximum atomic E-state index is 13.7. The molecule has 0 spiro atoms. The number of fused-ring (bicyclic) bond motifs is 1. The molecule has 0 unspecified atom stereocenters. The van der Waals surface area contributed by atoms with Crippen LogP contribution < -0.4 is 10.1 Å². The lowest BCUT2D eigenvalue weighted by atomic mass is 10.1. The molecule has 2 heterocycles. The van der Waals surface area contributed by atoms with Crippen molar-refractivity contribution in [2.75, 3.05) is 12.4 Å². The summed E-state index contributed by atoms with van der Waals surface area (Å²) >= 11 is 0. The first-order valence-corrected chi connectivity index (χ1v) is 9.26. The number of aryl methyl sites for hydroxylation is 1. The molecule has 0 atom stereocenters. The van der Waals surface area contributed by atoms with E-state index >= 15 is 0 Å². The van der Waals surface area contributed by atoms with Crippen molar-refractivity contribution >= 4 is 17.2 Å². The van der Waals surface area contributed by atoms with Gasteiger partial charge in [0.25, 0.3) is 12.3 Å². The first-order valence-electron chi connectivity index (χ1n) is 9.26. The van der Waals surface area contributed by atoms with Gasteiger partial charge in [0.15, 0.2) is 5.65 Å². The van der Waals surface area contributed by atoms with Gasteiger partial charge in [-0.1, -0.05) is 6.07 Å². The standard InChI is InChI=1S/C22H17F3N4O2/c1-12-3-8-19(31-2)17(9-12)28-22(30)15-11-26-29-18(20(24)25)10-16(27-21(15)29)13-4-6-14(23)7-5-13/h3-11,20H,1-2H3,(H,28,30). The van der Waals surface area contributed by atoms with Crippen LogP contribution in [0.25, 0.3) is 16.9 Å². The van der Waals surface area contributed by atoms with Crippen molar-refractivity contribution in [3.63, 3.8) is 0 Å². The molecule has 0 aliphatic heterocycles. The van der Waals surface area contributed by atoms with Crippen LogP contribution in [0.15, 0.2) is 54.7 Å². The van der Waals surface area contributed by atoms with Crippen LogP contribution in [0.1, 0.15) is 28.0 Å². The Balaban J connectivity index is 1.81. The molecule has 158 valence electrons. The minimum absolute atomic E-state index is 0.00872. The molecule has 1 N–H and O–H groups in total. The summed E-state index contributed by atoms with van der Waals surface area (Å²) in [4.78, 5) is 17.3. The number of nitrogens with zero attached hydrogens (tertiary/aromatic N) is 3. The van der Waals surface area contributed by atoms with Gasteiger partial charge < -0.3 is 10.1 Å². The lowest BCUT2D eigenvalue weighted by Gasteiger charge is -2.11. The number of anilines is 1. The number of hydrogen-bond acceptors (Lipinski definition) is 4. The molecule has 2 aromatic carbocycles. The van der Waals surface area contributed by atoms with Crippen molar-refractivity contribution in [3.8, 4) is 17.0 Å². The summed E-state index contributed by atoms with van der Waals surface area (Å²) in [5.74, 6) is -0.595. The summed E-state index contributed by atoms with van der Waals surface area (Å²) < 4.78 is 46.8. The number of alkyl halides is 2. The number of hydrogen-bond donors (Lipinski definition) is 1. The molecule has 2 aromatic heterocycles. The molecule has 9 heteroatoms. The van der Waals surface area contributed by atoms with E-state index in [9.17, 15) is 18.0 Å². The number of amides is 1. The maximum absolute atomic E-state index is 13.7. The van der Waals surface area contributed by atoms with Crippen LogP contribution in [0, 0.1) is 12.7 Å². The molecule has 0 radical (unpaired) electrons.